The summed E-state index contributed by atoms with van der Waals surface area (Å²) >= 11 is 0. The van der Waals surface area contributed by atoms with Gasteiger partial charge < -0.3 is 4.42 Å². The van der Waals surface area contributed by atoms with Gasteiger partial charge in [-0.1, -0.05) is 78.9 Å². The molecule has 0 aliphatic heterocycles. The monoisotopic (exact) mass is 600 g/mol. The third-order valence-electron chi connectivity index (χ3n) is 9.17. The van der Waals surface area contributed by atoms with Crippen molar-refractivity contribution in [3.05, 3.63) is 146 Å². The maximum Gasteiger partial charge on any atom is 0.144 e. The van der Waals surface area contributed by atoms with E-state index in [1.165, 1.54) is 0 Å². The highest BCUT2D eigenvalue weighted by Crippen LogP contribution is 2.41. The van der Waals surface area contributed by atoms with Gasteiger partial charge in [0.2, 0.25) is 0 Å². The largest absolute Gasteiger partial charge is 0.455 e. The first-order valence-electron chi connectivity index (χ1n) is 15.6. The molecule has 0 saturated heterocycles. The summed E-state index contributed by atoms with van der Waals surface area (Å²) in [6.07, 6.45) is 5.59. The number of pyridine rings is 4. The Labute approximate surface area is 268 Å². The first-order chi connectivity index (χ1) is 23.3. The summed E-state index contributed by atoms with van der Waals surface area (Å²) in [6.45, 7) is 0. The van der Waals surface area contributed by atoms with Gasteiger partial charge in [-0.15, -0.1) is 0 Å². The number of nitrogens with zero attached hydrogens (tertiary/aromatic N) is 4. The Hall–Kier alpha value is -6.46. The first-order valence-corrected chi connectivity index (χ1v) is 15.6. The molecule has 5 heterocycles. The van der Waals surface area contributed by atoms with Crippen LogP contribution in [0.15, 0.2) is 150 Å². The highest BCUT2D eigenvalue weighted by Gasteiger charge is 2.18. The average Bonchev–Trinajstić information content (AvgIpc) is 3.53. The molecule has 0 amide bonds. The zero-order valence-electron chi connectivity index (χ0n) is 25.1. The summed E-state index contributed by atoms with van der Waals surface area (Å²) in [6, 6.07) is 43.9. The SMILES string of the molecule is c1cc(-c2ccc(-c3cc4cccnc4c4ncccc34)cn2)cc(-c2nc3ccccc3c3c2ccc2c4ccccc4oc23)c1. The van der Waals surface area contributed by atoms with Crippen LogP contribution in [0.25, 0.3) is 99.1 Å². The molecule has 47 heavy (non-hydrogen) atoms. The third kappa shape index (κ3) is 3.97. The minimum Gasteiger partial charge on any atom is -0.455 e. The van der Waals surface area contributed by atoms with Crippen molar-refractivity contribution in [1.82, 2.24) is 19.9 Å². The predicted octanol–water partition coefficient (Wildman–Crippen LogP) is 10.8. The van der Waals surface area contributed by atoms with E-state index in [-0.39, 0.29) is 0 Å². The molecule has 0 saturated carbocycles. The highest BCUT2D eigenvalue weighted by molar-refractivity contribution is 6.24. The fourth-order valence-electron chi connectivity index (χ4n) is 7.00. The summed E-state index contributed by atoms with van der Waals surface area (Å²) in [5.41, 5.74) is 10.5. The molecule has 5 nitrogen and oxygen atoms in total. The molecule has 5 aromatic heterocycles. The molecule has 5 heteroatoms. The Morgan fingerprint density at radius 2 is 1.28 bits per heavy atom. The standard InChI is InChI=1S/C42H24N4O/c1-3-14-36-32(12-1)38-33(18-17-31-29-11-2-4-15-37(29)47-42(31)38)39(46-36)26-9-5-8-25(22-26)35-19-16-28(24-45-35)34-23-27-10-6-20-43-40(27)41-30(34)13-7-21-44-41/h1-24H. The molecule has 218 valence electrons. The van der Waals surface area contributed by atoms with Crippen LogP contribution in [0.2, 0.25) is 0 Å². The summed E-state index contributed by atoms with van der Waals surface area (Å²) in [5, 5.41) is 7.56. The predicted molar refractivity (Wildman–Crippen MR) is 191 cm³/mol. The Balaban J connectivity index is 1.12. The van der Waals surface area contributed by atoms with E-state index in [1.54, 1.807) is 0 Å². The van der Waals surface area contributed by atoms with Crippen molar-refractivity contribution in [2.45, 2.75) is 0 Å². The van der Waals surface area contributed by atoms with Gasteiger partial charge in [0.15, 0.2) is 0 Å². The number of benzene rings is 5. The zero-order valence-corrected chi connectivity index (χ0v) is 25.1. The van der Waals surface area contributed by atoms with Gasteiger partial charge in [-0.05, 0) is 54.1 Å². The van der Waals surface area contributed by atoms with Crippen LogP contribution < -0.4 is 0 Å². The van der Waals surface area contributed by atoms with E-state index in [1.807, 2.05) is 48.9 Å². The topological polar surface area (TPSA) is 64.7 Å². The van der Waals surface area contributed by atoms with Crippen molar-refractivity contribution in [2.75, 3.05) is 0 Å². The van der Waals surface area contributed by atoms with Gasteiger partial charge in [0.1, 0.15) is 11.2 Å². The van der Waals surface area contributed by atoms with E-state index in [9.17, 15) is 0 Å². The smallest absolute Gasteiger partial charge is 0.144 e. The van der Waals surface area contributed by atoms with Crippen LogP contribution in [0, 0.1) is 0 Å². The Kier molecular flexibility index (Phi) is 5.51. The zero-order chi connectivity index (χ0) is 30.9. The van der Waals surface area contributed by atoms with Crippen LogP contribution in [0.3, 0.4) is 0 Å². The summed E-state index contributed by atoms with van der Waals surface area (Å²) in [5.74, 6) is 0. The minimum atomic E-state index is 0.888. The number of fused-ring (bicyclic) bond motifs is 10. The molecule has 0 unspecified atom stereocenters. The number of aromatic nitrogens is 4. The molecule has 0 radical (unpaired) electrons. The second kappa shape index (κ2) is 10.0. The molecule has 5 aromatic carbocycles. The number of para-hydroxylation sites is 2. The Morgan fingerprint density at radius 1 is 0.489 bits per heavy atom. The fraction of sp³-hybridized carbons (Fsp3) is 0. The number of furan rings is 1. The summed E-state index contributed by atoms with van der Waals surface area (Å²) in [4.78, 5) is 19.4. The lowest BCUT2D eigenvalue weighted by Crippen LogP contribution is -1.92. The van der Waals surface area contributed by atoms with Crippen molar-refractivity contribution in [3.8, 4) is 33.6 Å². The maximum atomic E-state index is 6.51. The van der Waals surface area contributed by atoms with Gasteiger partial charge in [0, 0.05) is 73.0 Å². The molecular formula is C42H24N4O. The van der Waals surface area contributed by atoms with Crippen molar-refractivity contribution < 1.29 is 4.42 Å². The molecular weight excluding hydrogens is 576 g/mol. The molecule has 0 fully saturated rings. The lowest BCUT2D eigenvalue weighted by atomic mass is 9.96. The number of hydrogen-bond acceptors (Lipinski definition) is 5. The van der Waals surface area contributed by atoms with Gasteiger partial charge in [-0.25, -0.2) is 4.98 Å². The van der Waals surface area contributed by atoms with Crippen molar-refractivity contribution in [1.29, 1.82) is 0 Å². The van der Waals surface area contributed by atoms with Crippen LogP contribution in [-0.4, -0.2) is 19.9 Å². The Bertz CT molecular complexity index is 2850. The molecule has 0 bridgehead atoms. The van der Waals surface area contributed by atoms with Gasteiger partial charge >= 0.3 is 0 Å². The van der Waals surface area contributed by atoms with E-state index in [0.717, 1.165) is 99.1 Å². The van der Waals surface area contributed by atoms with Crippen LogP contribution in [-0.2, 0) is 0 Å². The molecule has 0 aliphatic carbocycles. The van der Waals surface area contributed by atoms with Crippen LogP contribution in [0.5, 0.6) is 0 Å². The van der Waals surface area contributed by atoms with E-state index < -0.39 is 0 Å². The lowest BCUT2D eigenvalue weighted by Gasteiger charge is -2.12. The van der Waals surface area contributed by atoms with Crippen LogP contribution in [0.4, 0.5) is 0 Å². The quantitative estimate of drug-likeness (QED) is 0.189. The van der Waals surface area contributed by atoms with Crippen LogP contribution in [0.1, 0.15) is 0 Å². The number of hydrogen-bond donors (Lipinski definition) is 0. The van der Waals surface area contributed by atoms with Gasteiger partial charge in [-0.3, -0.25) is 15.0 Å². The van der Waals surface area contributed by atoms with Gasteiger partial charge in [-0.2, -0.15) is 0 Å². The maximum absolute atomic E-state index is 6.51. The van der Waals surface area contributed by atoms with Gasteiger partial charge in [0.25, 0.3) is 0 Å². The fourth-order valence-corrected chi connectivity index (χ4v) is 7.00. The second-order valence-corrected chi connectivity index (χ2v) is 11.9. The van der Waals surface area contributed by atoms with E-state index in [0.29, 0.717) is 0 Å². The lowest BCUT2D eigenvalue weighted by molar-refractivity contribution is 0.673. The number of rotatable bonds is 3. The van der Waals surface area contributed by atoms with E-state index >= 15 is 0 Å². The van der Waals surface area contributed by atoms with Crippen molar-refractivity contribution in [2.24, 2.45) is 0 Å². The minimum absolute atomic E-state index is 0.888. The Morgan fingerprint density at radius 3 is 2.19 bits per heavy atom. The molecule has 0 atom stereocenters. The molecule has 0 N–H and O–H groups in total. The van der Waals surface area contributed by atoms with E-state index in [4.69, 9.17) is 14.4 Å². The molecule has 0 spiro atoms. The molecule has 10 aromatic rings. The van der Waals surface area contributed by atoms with E-state index in [2.05, 4.69) is 107 Å². The van der Waals surface area contributed by atoms with Crippen molar-refractivity contribution in [3.63, 3.8) is 0 Å². The normalized spacial score (nSPS) is 11.8. The molecule has 0 aliphatic rings. The average molecular weight is 601 g/mol. The van der Waals surface area contributed by atoms with Gasteiger partial charge in [0.05, 0.1) is 27.9 Å². The van der Waals surface area contributed by atoms with Crippen LogP contribution >= 0.6 is 0 Å². The summed E-state index contributed by atoms with van der Waals surface area (Å²) < 4.78 is 6.51. The first kappa shape index (κ1) is 25.8. The second-order valence-electron chi connectivity index (χ2n) is 11.9. The van der Waals surface area contributed by atoms with Crippen molar-refractivity contribution >= 4 is 65.4 Å². The third-order valence-corrected chi connectivity index (χ3v) is 9.17. The molecule has 10 rings (SSSR count). The summed E-state index contributed by atoms with van der Waals surface area (Å²) in [7, 11) is 0. The highest BCUT2D eigenvalue weighted by atomic mass is 16.3.